The molecule has 0 fully saturated rings. The number of likely N-dealkylation sites (N-methyl/N-ethyl adjacent to an activating group) is 1. The van der Waals surface area contributed by atoms with Crippen LogP contribution in [0.15, 0.2) is 78.0 Å². The van der Waals surface area contributed by atoms with Crippen LogP contribution in [0.25, 0.3) is 5.57 Å². The lowest BCUT2D eigenvalue weighted by Gasteiger charge is -2.38. The largest absolute Gasteiger partial charge is 0.373 e. The molecule has 0 spiro atoms. The van der Waals surface area contributed by atoms with Crippen LogP contribution >= 0.6 is 0 Å². The molecule has 0 amide bonds. The van der Waals surface area contributed by atoms with Crippen molar-refractivity contribution in [3.05, 3.63) is 89.1 Å². The second-order valence-electron chi connectivity index (χ2n) is 7.74. The van der Waals surface area contributed by atoms with Gasteiger partial charge in [0, 0.05) is 25.2 Å². The van der Waals surface area contributed by atoms with Crippen LogP contribution in [0.4, 0.5) is 0 Å². The van der Waals surface area contributed by atoms with Crippen LogP contribution in [0.1, 0.15) is 31.4 Å². The van der Waals surface area contributed by atoms with Crippen molar-refractivity contribution in [2.75, 3.05) is 7.05 Å². The number of carbonyl (C=O) groups excluding carboxylic acids is 1. The molecular weight excluding hydrogens is 318 g/mol. The maximum Gasteiger partial charge on any atom is 0.168 e. The highest BCUT2D eigenvalue weighted by atomic mass is 16.1. The van der Waals surface area contributed by atoms with Gasteiger partial charge in [0.1, 0.15) is 0 Å². The van der Waals surface area contributed by atoms with Gasteiger partial charge in [-0.3, -0.25) is 4.79 Å². The van der Waals surface area contributed by atoms with E-state index >= 15 is 0 Å². The van der Waals surface area contributed by atoms with Crippen molar-refractivity contribution >= 4 is 11.4 Å². The van der Waals surface area contributed by atoms with Crippen molar-refractivity contribution in [1.82, 2.24) is 4.90 Å². The summed E-state index contributed by atoms with van der Waals surface area (Å²) in [6.07, 6.45) is 3.64. The van der Waals surface area contributed by atoms with Gasteiger partial charge in [0.05, 0.1) is 5.41 Å². The molecule has 2 atom stereocenters. The lowest BCUT2D eigenvalue weighted by molar-refractivity contribution is -0.122. The van der Waals surface area contributed by atoms with Crippen molar-refractivity contribution in [3.63, 3.8) is 0 Å². The third kappa shape index (κ3) is 2.52. The zero-order valence-electron chi connectivity index (χ0n) is 15.7. The predicted octanol–water partition coefficient (Wildman–Crippen LogP) is 4.88. The summed E-state index contributed by atoms with van der Waals surface area (Å²) >= 11 is 0. The van der Waals surface area contributed by atoms with Gasteiger partial charge in [-0.1, -0.05) is 66.2 Å². The van der Waals surface area contributed by atoms with E-state index in [4.69, 9.17) is 0 Å². The Kier molecular flexibility index (Phi) is 4.07. The standard InChI is InChI=1S/C24H25NO/c1-17-14-21-24(2,22(26)15-17)23(19-12-8-5-9-13-19)20(25(21)3)16-18-10-6-4-7-11-18/h4-13,15,21H,14,16H2,1-3H3/t21-,24+/m0/s1. The molecule has 0 unspecified atom stereocenters. The van der Waals surface area contributed by atoms with E-state index in [1.165, 1.54) is 22.4 Å². The lowest BCUT2D eigenvalue weighted by atomic mass is 9.67. The fourth-order valence-electron chi connectivity index (χ4n) is 4.66. The lowest BCUT2D eigenvalue weighted by Crippen LogP contribution is -2.45. The van der Waals surface area contributed by atoms with Crippen LogP contribution in [0.5, 0.6) is 0 Å². The SMILES string of the molecule is CC1=CC(=O)[C@]2(C)C(c3ccccc3)=C(Cc3ccccc3)N(C)[C@H]2C1. The van der Waals surface area contributed by atoms with Gasteiger partial charge in [-0.15, -0.1) is 0 Å². The summed E-state index contributed by atoms with van der Waals surface area (Å²) in [7, 11) is 2.16. The Morgan fingerprint density at radius 3 is 2.31 bits per heavy atom. The highest BCUT2D eigenvalue weighted by molar-refractivity contribution is 6.07. The van der Waals surface area contributed by atoms with E-state index < -0.39 is 5.41 Å². The summed E-state index contributed by atoms with van der Waals surface area (Å²) in [5.41, 5.74) is 5.60. The van der Waals surface area contributed by atoms with Gasteiger partial charge in [-0.25, -0.2) is 0 Å². The van der Waals surface area contributed by atoms with Gasteiger partial charge in [0.2, 0.25) is 0 Å². The minimum atomic E-state index is -0.486. The summed E-state index contributed by atoms with van der Waals surface area (Å²) < 4.78 is 0. The second-order valence-corrected chi connectivity index (χ2v) is 7.74. The Bertz CT molecular complexity index is 894. The van der Waals surface area contributed by atoms with Crippen LogP contribution in [-0.4, -0.2) is 23.8 Å². The first-order valence-corrected chi connectivity index (χ1v) is 9.29. The molecule has 26 heavy (non-hydrogen) atoms. The van der Waals surface area contributed by atoms with E-state index in [1.54, 1.807) is 0 Å². The molecule has 2 aliphatic rings. The monoisotopic (exact) mass is 343 g/mol. The van der Waals surface area contributed by atoms with Gasteiger partial charge in [-0.2, -0.15) is 0 Å². The van der Waals surface area contributed by atoms with Gasteiger partial charge in [0.15, 0.2) is 5.78 Å². The minimum Gasteiger partial charge on any atom is -0.373 e. The molecule has 0 aromatic heterocycles. The van der Waals surface area contributed by atoms with E-state index in [0.717, 1.165) is 18.4 Å². The van der Waals surface area contributed by atoms with Gasteiger partial charge in [0.25, 0.3) is 0 Å². The topological polar surface area (TPSA) is 20.3 Å². The van der Waals surface area contributed by atoms with Crippen molar-refractivity contribution in [1.29, 1.82) is 0 Å². The van der Waals surface area contributed by atoms with Gasteiger partial charge >= 0.3 is 0 Å². The van der Waals surface area contributed by atoms with Crippen LogP contribution < -0.4 is 0 Å². The maximum atomic E-state index is 13.2. The molecule has 4 rings (SSSR count). The van der Waals surface area contributed by atoms with Crippen molar-refractivity contribution in [2.24, 2.45) is 5.41 Å². The fourth-order valence-corrected chi connectivity index (χ4v) is 4.66. The van der Waals surface area contributed by atoms with Crippen molar-refractivity contribution in [3.8, 4) is 0 Å². The Morgan fingerprint density at radius 1 is 1.04 bits per heavy atom. The molecule has 1 aliphatic carbocycles. The molecule has 132 valence electrons. The minimum absolute atomic E-state index is 0.189. The molecule has 0 radical (unpaired) electrons. The number of nitrogens with zero attached hydrogens (tertiary/aromatic N) is 1. The molecule has 0 saturated carbocycles. The molecule has 2 aromatic rings. The molecule has 2 nitrogen and oxygen atoms in total. The van der Waals surface area contributed by atoms with Crippen LogP contribution in [0.3, 0.4) is 0 Å². The normalized spacial score (nSPS) is 25.3. The number of hydrogen-bond donors (Lipinski definition) is 0. The zero-order chi connectivity index (χ0) is 18.3. The summed E-state index contributed by atoms with van der Waals surface area (Å²) in [6, 6.07) is 21.2. The van der Waals surface area contributed by atoms with Crippen LogP contribution in [0.2, 0.25) is 0 Å². The van der Waals surface area contributed by atoms with E-state index in [1.807, 2.05) is 18.2 Å². The summed E-state index contributed by atoms with van der Waals surface area (Å²) in [5.74, 6) is 0.236. The highest BCUT2D eigenvalue weighted by Gasteiger charge is 2.53. The average molecular weight is 343 g/mol. The molecule has 0 bridgehead atoms. The molecule has 1 aliphatic heterocycles. The highest BCUT2D eigenvalue weighted by Crippen LogP contribution is 2.53. The number of allylic oxidation sites excluding steroid dienone is 2. The quantitative estimate of drug-likeness (QED) is 0.792. The van der Waals surface area contributed by atoms with Crippen LogP contribution in [0, 0.1) is 5.41 Å². The fraction of sp³-hybridized carbons (Fsp3) is 0.292. The van der Waals surface area contributed by atoms with Crippen molar-refractivity contribution in [2.45, 2.75) is 32.7 Å². The Balaban J connectivity index is 1.90. The molecule has 2 aromatic carbocycles. The molecule has 0 N–H and O–H groups in total. The average Bonchev–Trinajstić information content (AvgIpc) is 2.86. The summed E-state index contributed by atoms with van der Waals surface area (Å²) in [5, 5.41) is 0. The third-order valence-corrected chi connectivity index (χ3v) is 6.05. The van der Waals surface area contributed by atoms with Gasteiger partial charge < -0.3 is 4.90 Å². The number of fused-ring (bicyclic) bond motifs is 1. The number of rotatable bonds is 3. The van der Waals surface area contributed by atoms with Gasteiger partial charge in [-0.05, 0) is 43.0 Å². The molecular formula is C24H25NO. The van der Waals surface area contributed by atoms with Crippen molar-refractivity contribution < 1.29 is 4.79 Å². The number of ketones is 1. The van der Waals surface area contributed by atoms with Crippen LogP contribution in [-0.2, 0) is 11.2 Å². The first-order valence-electron chi connectivity index (χ1n) is 9.29. The first kappa shape index (κ1) is 16.8. The third-order valence-electron chi connectivity index (χ3n) is 6.05. The number of hydrogen-bond acceptors (Lipinski definition) is 2. The Hall–Kier alpha value is -2.61. The van der Waals surface area contributed by atoms with E-state index in [0.29, 0.717) is 0 Å². The summed E-state index contributed by atoms with van der Waals surface area (Å²) in [6.45, 7) is 4.21. The Labute approximate surface area is 155 Å². The number of benzene rings is 2. The summed E-state index contributed by atoms with van der Waals surface area (Å²) in [4.78, 5) is 15.6. The van der Waals surface area contributed by atoms with E-state index in [2.05, 4.69) is 74.3 Å². The zero-order valence-corrected chi connectivity index (χ0v) is 15.7. The number of carbonyl (C=O) groups is 1. The Morgan fingerprint density at radius 2 is 1.65 bits per heavy atom. The second kappa shape index (κ2) is 6.28. The first-order chi connectivity index (χ1) is 12.5. The molecule has 0 saturated heterocycles. The predicted molar refractivity (Wildman–Crippen MR) is 107 cm³/mol. The molecule has 1 heterocycles. The molecule has 2 heteroatoms. The maximum absolute atomic E-state index is 13.2. The van der Waals surface area contributed by atoms with E-state index in [-0.39, 0.29) is 11.8 Å². The van der Waals surface area contributed by atoms with E-state index in [9.17, 15) is 4.79 Å². The smallest absolute Gasteiger partial charge is 0.168 e.